The molecule has 3 heterocycles. The number of halogens is 1. The molecule has 0 unspecified atom stereocenters. The quantitative estimate of drug-likeness (QED) is 0.471. The number of fused-ring (bicyclic) bond motifs is 2. The molecule has 9 heteroatoms. The highest BCUT2D eigenvalue weighted by molar-refractivity contribution is 7.21. The molecule has 4 aromatic rings. The molecule has 4 rings (SSSR count). The average molecular weight is 432 g/mol. The second-order valence-corrected chi connectivity index (χ2v) is 8.76. The van der Waals surface area contributed by atoms with Crippen LogP contribution in [0, 0.1) is 19.7 Å². The van der Waals surface area contributed by atoms with E-state index in [2.05, 4.69) is 9.97 Å². The number of thiophene rings is 2. The summed E-state index contributed by atoms with van der Waals surface area (Å²) in [5, 5.41) is 0.925. The van der Waals surface area contributed by atoms with E-state index in [0.717, 1.165) is 21.8 Å². The van der Waals surface area contributed by atoms with Crippen LogP contribution in [0.5, 0.6) is 0 Å². The van der Waals surface area contributed by atoms with E-state index in [0.29, 0.717) is 25.9 Å². The standard InChI is InChI=1S/C20H17FN2O4S2/c1-9-10(2)28-19-15(9)18(24)22-14(23-19)8-27-20(25)17-11(7-26-3)16-12(21)5-4-6-13(16)29-17/h4-6H,7-8H2,1-3H3,(H,22,23,24). The van der Waals surface area contributed by atoms with Crippen molar-refractivity contribution >= 4 is 48.9 Å². The molecule has 0 saturated carbocycles. The number of esters is 1. The van der Waals surface area contributed by atoms with E-state index in [1.165, 1.54) is 24.5 Å². The highest BCUT2D eigenvalue weighted by Gasteiger charge is 2.22. The summed E-state index contributed by atoms with van der Waals surface area (Å²) in [6.45, 7) is 3.70. The van der Waals surface area contributed by atoms with Gasteiger partial charge in [-0.15, -0.1) is 22.7 Å². The molecule has 1 aromatic carbocycles. The first-order valence-corrected chi connectivity index (χ1v) is 10.4. The van der Waals surface area contributed by atoms with Crippen molar-refractivity contribution in [2.24, 2.45) is 0 Å². The zero-order chi connectivity index (χ0) is 20.7. The highest BCUT2D eigenvalue weighted by Crippen LogP contribution is 2.34. The van der Waals surface area contributed by atoms with E-state index in [1.54, 1.807) is 12.1 Å². The van der Waals surface area contributed by atoms with Crippen LogP contribution in [0.25, 0.3) is 20.3 Å². The number of aromatic amines is 1. The Labute approximate surface area is 172 Å². The van der Waals surface area contributed by atoms with Crippen LogP contribution < -0.4 is 5.56 Å². The number of methoxy groups -OCH3 is 1. The van der Waals surface area contributed by atoms with Crippen molar-refractivity contribution in [2.45, 2.75) is 27.1 Å². The Balaban J connectivity index is 1.64. The van der Waals surface area contributed by atoms with Crippen molar-refractivity contribution in [3.63, 3.8) is 0 Å². The number of ether oxygens (including phenoxy) is 2. The van der Waals surface area contributed by atoms with E-state index >= 15 is 0 Å². The van der Waals surface area contributed by atoms with Gasteiger partial charge in [-0.05, 0) is 31.5 Å². The average Bonchev–Trinajstić information content (AvgIpc) is 3.19. The normalized spacial score (nSPS) is 11.4. The van der Waals surface area contributed by atoms with Crippen molar-refractivity contribution < 1.29 is 18.7 Å². The summed E-state index contributed by atoms with van der Waals surface area (Å²) in [7, 11) is 1.48. The largest absolute Gasteiger partial charge is 0.453 e. The molecule has 0 saturated heterocycles. The molecule has 29 heavy (non-hydrogen) atoms. The molecule has 6 nitrogen and oxygen atoms in total. The highest BCUT2D eigenvalue weighted by atomic mass is 32.1. The van der Waals surface area contributed by atoms with Gasteiger partial charge in [0.2, 0.25) is 0 Å². The van der Waals surface area contributed by atoms with E-state index < -0.39 is 11.8 Å². The monoisotopic (exact) mass is 432 g/mol. The van der Waals surface area contributed by atoms with E-state index in [9.17, 15) is 14.0 Å². The summed E-state index contributed by atoms with van der Waals surface area (Å²) < 4.78 is 25.4. The lowest BCUT2D eigenvalue weighted by Gasteiger charge is -2.06. The van der Waals surface area contributed by atoms with Crippen LogP contribution >= 0.6 is 22.7 Å². The number of benzene rings is 1. The molecule has 0 radical (unpaired) electrons. The van der Waals surface area contributed by atoms with Crippen molar-refractivity contribution in [3.05, 3.63) is 61.1 Å². The lowest BCUT2D eigenvalue weighted by Crippen LogP contribution is -2.14. The summed E-state index contributed by atoms with van der Waals surface area (Å²) >= 11 is 2.57. The maximum atomic E-state index is 14.3. The number of H-pyrrole nitrogens is 1. The molecular weight excluding hydrogens is 415 g/mol. The molecule has 0 aliphatic carbocycles. The Kier molecular flexibility index (Phi) is 5.20. The summed E-state index contributed by atoms with van der Waals surface area (Å²) in [5.41, 5.74) is 1.10. The van der Waals surface area contributed by atoms with Crippen molar-refractivity contribution in [1.29, 1.82) is 0 Å². The van der Waals surface area contributed by atoms with Gasteiger partial charge >= 0.3 is 5.97 Å². The number of carbonyl (C=O) groups is 1. The van der Waals surface area contributed by atoms with Gasteiger partial charge in [0.1, 0.15) is 28.0 Å². The summed E-state index contributed by atoms with van der Waals surface area (Å²) in [5.74, 6) is -0.763. The number of nitrogens with zero attached hydrogens (tertiary/aromatic N) is 1. The van der Waals surface area contributed by atoms with Crippen molar-refractivity contribution in [3.8, 4) is 0 Å². The van der Waals surface area contributed by atoms with Crippen LogP contribution in [0.2, 0.25) is 0 Å². The maximum Gasteiger partial charge on any atom is 0.349 e. The van der Waals surface area contributed by atoms with Crippen LogP contribution in [0.1, 0.15) is 31.5 Å². The van der Waals surface area contributed by atoms with Gasteiger partial charge in [0, 0.05) is 27.6 Å². The lowest BCUT2D eigenvalue weighted by molar-refractivity contribution is 0.0464. The second-order valence-electron chi connectivity index (χ2n) is 6.51. The fourth-order valence-electron chi connectivity index (χ4n) is 3.18. The molecule has 0 bridgehead atoms. The fraction of sp³-hybridized carbons (Fsp3) is 0.250. The van der Waals surface area contributed by atoms with Gasteiger partial charge in [-0.1, -0.05) is 6.07 Å². The predicted molar refractivity (Wildman–Crippen MR) is 111 cm³/mol. The smallest absolute Gasteiger partial charge is 0.349 e. The first kappa shape index (κ1) is 19.7. The van der Waals surface area contributed by atoms with Crippen LogP contribution in [-0.4, -0.2) is 23.0 Å². The molecule has 1 N–H and O–H groups in total. The Morgan fingerprint density at radius 3 is 2.76 bits per heavy atom. The van der Waals surface area contributed by atoms with Gasteiger partial charge in [0.05, 0.1) is 12.0 Å². The van der Waals surface area contributed by atoms with Crippen LogP contribution in [0.15, 0.2) is 23.0 Å². The van der Waals surface area contributed by atoms with Gasteiger partial charge in [-0.25, -0.2) is 14.2 Å². The number of hydrogen-bond donors (Lipinski definition) is 1. The molecular formula is C20H17FN2O4S2. The summed E-state index contributed by atoms with van der Waals surface area (Å²) in [4.78, 5) is 34.0. The number of carbonyl (C=O) groups excluding carboxylic acids is 1. The molecule has 0 aliphatic rings. The Bertz CT molecular complexity index is 1310. The van der Waals surface area contributed by atoms with Crippen LogP contribution in [0.3, 0.4) is 0 Å². The first-order chi connectivity index (χ1) is 13.9. The minimum absolute atomic E-state index is 0.0835. The second kappa shape index (κ2) is 7.66. The minimum Gasteiger partial charge on any atom is -0.453 e. The molecule has 3 aromatic heterocycles. The predicted octanol–water partition coefficient (Wildman–Crippen LogP) is 4.46. The Morgan fingerprint density at radius 2 is 2.00 bits per heavy atom. The van der Waals surface area contributed by atoms with Gasteiger partial charge in [-0.3, -0.25) is 4.79 Å². The molecule has 0 atom stereocenters. The lowest BCUT2D eigenvalue weighted by atomic mass is 10.1. The topological polar surface area (TPSA) is 81.3 Å². The summed E-state index contributed by atoms with van der Waals surface area (Å²) in [6.07, 6.45) is 0. The third-order valence-corrected chi connectivity index (χ3v) is 6.94. The number of nitrogens with one attached hydrogen (secondary N) is 1. The Hall–Kier alpha value is -2.62. The van der Waals surface area contributed by atoms with Gasteiger partial charge in [-0.2, -0.15) is 0 Å². The van der Waals surface area contributed by atoms with Crippen molar-refractivity contribution in [1.82, 2.24) is 9.97 Å². The first-order valence-electron chi connectivity index (χ1n) is 8.75. The van der Waals surface area contributed by atoms with E-state index in [1.807, 2.05) is 13.8 Å². The van der Waals surface area contributed by atoms with Gasteiger partial charge in [0.15, 0.2) is 0 Å². The molecule has 0 amide bonds. The fourth-order valence-corrected chi connectivity index (χ4v) is 5.35. The number of hydrogen-bond acceptors (Lipinski definition) is 7. The zero-order valence-electron chi connectivity index (χ0n) is 15.9. The third-order valence-electron chi connectivity index (χ3n) is 4.67. The Morgan fingerprint density at radius 1 is 1.21 bits per heavy atom. The third kappa shape index (κ3) is 3.45. The molecule has 0 spiro atoms. The molecule has 0 fully saturated rings. The summed E-state index contributed by atoms with van der Waals surface area (Å²) in [6, 6.07) is 4.68. The van der Waals surface area contributed by atoms with Crippen LogP contribution in [-0.2, 0) is 22.7 Å². The number of aryl methyl sites for hydroxylation is 2. The maximum absolute atomic E-state index is 14.3. The molecule has 0 aliphatic heterocycles. The van der Waals surface area contributed by atoms with E-state index in [-0.39, 0.29) is 29.5 Å². The number of aromatic nitrogens is 2. The van der Waals surface area contributed by atoms with E-state index in [4.69, 9.17) is 9.47 Å². The van der Waals surface area contributed by atoms with Gasteiger partial charge in [0.25, 0.3) is 5.56 Å². The minimum atomic E-state index is -0.612. The van der Waals surface area contributed by atoms with Gasteiger partial charge < -0.3 is 14.5 Å². The molecule has 150 valence electrons. The van der Waals surface area contributed by atoms with Crippen LogP contribution in [0.4, 0.5) is 4.39 Å². The number of rotatable bonds is 5. The SMILES string of the molecule is COCc1c(C(=O)OCc2nc3sc(C)c(C)c3c(=O)[nH]2)sc2cccc(F)c12. The zero-order valence-corrected chi connectivity index (χ0v) is 17.6. The van der Waals surface area contributed by atoms with Crippen molar-refractivity contribution in [2.75, 3.05) is 7.11 Å².